The van der Waals surface area contributed by atoms with E-state index in [-0.39, 0.29) is 18.1 Å². The number of ketones is 1. The van der Waals surface area contributed by atoms with Gasteiger partial charge >= 0.3 is 5.97 Å². The highest BCUT2D eigenvalue weighted by molar-refractivity contribution is 7.99. The Labute approximate surface area is 221 Å². The van der Waals surface area contributed by atoms with Crippen molar-refractivity contribution in [2.45, 2.75) is 44.5 Å². The zero-order valence-electron chi connectivity index (χ0n) is 21.5. The minimum Gasteiger partial charge on any atom is -0.497 e. The standard InChI is InChI=1S/C27H34N2O7S/c1-17(2)26(29-24(31)13-19-12-20(35-3)10-11-23(19)36-4)27(34)28-21(14-25(32)33)22(30)16-37-15-18-8-6-5-7-9-18/h5-12,17,21,26H,13-16H2,1-4H3,(H,28,34)(H,29,31)(H,32,33)/t21-,26?/m0/s1. The number of nitrogens with one attached hydrogen (secondary N) is 2. The third kappa shape index (κ3) is 9.80. The van der Waals surface area contributed by atoms with Gasteiger partial charge in [-0.3, -0.25) is 19.2 Å². The number of benzene rings is 2. The highest BCUT2D eigenvalue weighted by Crippen LogP contribution is 2.24. The molecule has 0 aliphatic rings. The van der Waals surface area contributed by atoms with Crippen LogP contribution < -0.4 is 20.1 Å². The summed E-state index contributed by atoms with van der Waals surface area (Å²) in [7, 11) is 3.01. The Kier molecular flexibility index (Phi) is 12.0. The molecule has 0 fully saturated rings. The number of carboxylic acid groups (broad SMARTS) is 1. The fourth-order valence-corrected chi connectivity index (χ4v) is 4.51. The van der Waals surface area contributed by atoms with Crippen LogP contribution in [0.3, 0.4) is 0 Å². The van der Waals surface area contributed by atoms with Gasteiger partial charge in [-0.1, -0.05) is 44.2 Å². The predicted molar refractivity (Wildman–Crippen MR) is 142 cm³/mol. The average Bonchev–Trinajstić information content (AvgIpc) is 2.86. The van der Waals surface area contributed by atoms with Gasteiger partial charge in [0.1, 0.15) is 17.5 Å². The summed E-state index contributed by atoms with van der Waals surface area (Å²) in [6.07, 6.45) is -0.610. The first kappa shape index (κ1) is 29.7. The molecule has 0 saturated heterocycles. The first-order valence-electron chi connectivity index (χ1n) is 11.8. The molecular formula is C27H34N2O7S. The van der Waals surface area contributed by atoms with Gasteiger partial charge in [0, 0.05) is 11.3 Å². The molecule has 200 valence electrons. The van der Waals surface area contributed by atoms with Crippen molar-refractivity contribution in [3.8, 4) is 11.5 Å². The number of Topliss-reactive ketones (excluding diaryl/α,β-unsaturated/α-hetero) is 1. The van der Waals surface area contributed by atoms with Crippen molar-refractivity contribution >= 4 is 35.3 Å². The number of amides is 2. The lowest BCUT2D eigenvalue weighted by Crippen LogP contribution is -2.54. The molecule has 1 unspecified atom stereocenters. The number of methoxy groups -OCH3 is 2. The quantitative estimate of drug-likeness (QED) is 0.320. The Morgan fingerprint density at radius 1 is 0.973 bits per heavy atom. The SMILES string of the molecule is COc1ccc(OC)c(CC(=O)NC(C(=O)N[C@@H](CC(=O)O)C(=O)CSCc2ccccc2)C(C)C)c1. The van der Waals surface area contributed by atoms with Crippen LogP contribution in [-0.2, 0) is 31.4 Å². The second kappa shape index (κ2) is 14.9. The van der Waals surface area contributed by atoms with E-state index in [9.17, 15) is 24.3 Å². The van der Waals surface area contributed by atoms with Gasteiger partial charge < -0.3 is 25.2 Å². The smallest absolute Gasteiger partial charge is 0.305 e. The van der Waals surface area contributed by atoms with Crippen LogP contribution in [0.4, 0.5) is 0 Å². The van der Waals surface area contributed by atoms with E-state index in [0.717, 1.165) is 5.56 Å². The number of hydrogen-bond donors (Lipinski definition) is 3. The van der Waals surface area contributed by atoms with Crippen molar-refractivity contribution in [1.82, 2.24) is 10.6 Å². The van der Waals surface area contributed by atoms with Gasteiger partial charge in [0.2, 0.25) is 11.8 Å². The van der Waals surface area contributed by atoms with Crippen molar-refractivity contribution in [3.63, 3.8) is 0 Å². The topological polar surface area (TPSA) is 131 Å². The fraction of sp³-hybridized carbons (Fsp3) is 0.407. The summed E-state index contributed by atoms with van der Waals surface area (Å²) in [6, 6.07) is 12.5. The lowest BCUT2D eigenvalue weighted by Gasteiger charge is -2.25. The van der Waals surface area contributed by atoms with Crippen LogP contribution >= 0.6 is 11.8 Å². The number of carbonyl (C=O) groups is 4. The van der Waals surface area contributed by atoms with Crippen LogP contribution in [0.25, 0.3) is 0 Å². The zero-order chi connectivity index (χ0) is 27.4. The molecule has 2 aromatic rings. The lowest BCUT2D eigenvalue weighted by atomic mass is 10.0. The van der Waals surface area contributed by atoms with Crippen LogP contribution in [0.2, 0.25) is 0 Å². The van der Waals surface area contributed by atoms with E-state index >= 15 is 0 Å². The summed E-state index contributed by atoms with van der Waals surface area (Å²) < 4.78 is 10.5. The second-order valence-corrected chi connectivity index (χ2v) is 9.73. The summed E-state index contributed by atoms with van der Waals surface area (Å²) in [6.45, 7) is 3.50. The van der Waals surface area contributed by atoms with Crippen LogP contribution in [0.15, 0.2) is 48.5 Å². The van der Waals surface area contributed by atoms with Crippen LogP contribution in [-0.4, -0.2) is 60.7 Å². The third-order valence-corrected chi connectivity index (χ3v) is 6.57. The largest absolute Gasteiger partial charge is 0.497 e. The van der Waals surface area contributed by atoms with E-state index < -0.39 is 42.1 Å². The number of thioether (sulfide) groups is 1. The molecule has 10 heteroatoms. The van der Waals surface area contributed by atoms with Crippen LogP contribution in [0.1, 0.15) is 31.4 Å². The molecule has 3 N–H and O–H groups in total. The minimum absolute atomic E-state index is 0.0431. The Morgan fingerprint density at radius 2 is 1.68 bits per heavy atom. The van der Waals surface area contributed by atoms with E-state index in [1.165, 1.54) is 26.0 Å². The molecule has 0 heterocycles. The Hall–Kier alpha value is -3.53. The van der Waals surface area contributed by atoms with Gasteiger partial charge in [-0.15, -0.1) is 11.8 Å². The van der Waals surface area contributed by atoms with Crippen molar-refractivity contribution < 1.29 is 33.8 Å². The third-order valence-electron chi connectivity index (χ3n) is 5.54. The highest BCUT2D eigenvalue weighted by atomic mass is 32.2. The van der Waals surface area contributed by atoms with E-state index in [4.69, 9.17) is 9.47 Å². The van der Waals surface area contributed by atoms with E-state index in [1.54, 1.807) is 32.0 Å². The highest BCUT2D eigenvalue weighted by Gasteiger charge is 2.30. The van der Waals surface area contributed by atoms with Gasteiger partial charge in [0.05, 0.1) is 38.9 Å². The first-order valence-corrected chi connectivity index (χ1v) is 13.0. The summed E-state index contributed by atoms with van der Waals surface area (Å²) >= 11 is 1.34. The van der Waals surface area contributed by atoms with Crippen LogP contribution in [0.5, 0.6) is 11.5 Å². The summed E-state index contributed by atoms with van der Waals surface area (Å²) in [5.74, 6) is -1.28. The molecule has 0 spiro atoms. The number of ether oxygens (including phenoxy) is 2. The number of carboxylic acids is 1. The molecule has 0 radical (unpaired) electrons. The number of rotatable bonds is 15. The number of hydrogen-bond acceptors (Lipinski definition) is 7. The van der Waals surface area contributed by atoms with E-state index in [0.29, 0.717) is 22.8 Å². The molecule has 0 aliphatic carbocycles. The second-order valence-electron chi connectivity index (χ2n) is 8.75. The van der Waals surface area contributed by atoms with Crippen LogP contribution in [0, 0.1) is 5.92 Å². The van der Waals surface area contributed by atoms with Gasteiger partial charge in [0.15, 0.2) is 5.78 Å². The number of aliphatic carboxylic acids is 1. The fourth-order valence-electron chi connectivity index (χ4n) is 3.58. The van der Waals surface area contributed by atoms with Gasteiger partial charge in [-0.05, 0) is 29.7 Å². The molecule has 0 aromatic heterocycles. The van der Waals surface area contributed by atoms with E-state index in [2.05, 4.69) is 10.6 Å². The average molecular weight is 531 g/mol. The minimum atomic E-state index is -1.21. The van der Waals surface area contributed by atoms with Crippen molar-refractivity contribution in [3.05, 3.63) is 59.7 Å². The lowest BCUT2D eigenvalue weighted by molar-refractivity contribution is -0.140. The Morgan fingerprint density at radius 3 is 2.27 bits per heavy atom. The van der Waals surface area contributed by atoms with Gasteiger partial charge in [0.25, 0.3) is 0 Å². The molecule has 9 nitrogen and oxygen atoms in total. The Bertz CT molecular complexity index is 1080. The molecule has 2 atom stereocenters. The molecule has 0 aliphatic heterocycles. The molecule has 0 saturated carbocycles. The molecule has 37 heavy (non-hydrogen) atoms. The maximum absolute atomic E-state index is 13.1. The normalized spacial score (nSPS) is 12.4. The zero-order valence-corrected chi connectivity index (χ0v) is 22.3. The molecule has 2 rings (SSSR count). The Balaban J connectivity index is 2.04. The predicted octanol–water partition coefficient (Wildman–Crippen LogP) is 2.85. The van der Waals surface area contributed by atoms with Gasteiger partial charge in [-0.2, -0.15) is 0 Å². The molecule has 2 amide bonds. The number of carbonyl (C=O) groups excluding carboxylic acids is 3. The van der Waals surface area contributed by atoms with Crippen molar-refractivity contribution in [2.75, 3.05) is 20.0 Å². The van der Waals surface area contributed by atoms with E-state index in [1.807, 2.05) is 30.3 Å². The first-order chi connectivity index (χ1) is 17.6. The summed E-state index contributed by atoms with van der Waals surface area (Å²) in [5.41, 5.74) is 1.62. The van der Waals surface area contributed by atoms with Crippen molar-refractivity contribution in [1.29, 1.82) is 0 Å². The molecule has 2 aromatic carbocycles. The van der Waals surface area contributed by atoms with Crippen molar-refractivity contribution in [2.24, 2.45) is 5.92 Å². The summed E-state index contributed by atoms with van der Waals surface area (Å²) in [4.78, 5) is 50.1. The van der Waals surface area contributed by atoms with Gasteiger partial charge in [-0.25, -0.2) is 0 Å². The monoisotopic (exact) mass is 530 g/mol. The molecular weight excluding hydrogens is 496 g/mol. The molecule has 0 bridgehead atoms. The maximum Gasteiger partial charge on any atom is 0.305 e. The summed E-state index contributed by atoms with van der Waals surface area (Å²) in [5, 5.41) is 14.5. The maximum atomic E-state index is 13.1.